The Balaban J connectivity index is 2.60. The summed E-state index contributed by atoms with van der Waals surface area (Å²) in [6.07, 6.45) is 0. The third-order valence-corrected chi connectivity index (χ3v) is 5.32. The van der Waals surface area contributed by atoms with E-state index in [1.54, 1.807) is 0 Å². The standard InChI is InChI=1S/C12H23N3O2S2/c1-8(2)13-6-7-19(16,17)15-10(4)12-9(3)14-11(5)18-12/h8,10,13,15H,6-7H2,1-5H3. The summed E-state index contributed by atoms with van der Waals surface area (Å²) >= 11 is 1.54. The van der Waals surface area contributed by atoms with Crippen molar-refractivity contribution in [2.45, 2.75) is 46.7 Å². The summed E-state index contributed by atoms with van der Waals surface area (Å²) in [5.74, 6) is 0.0896. The van der Waals surface area contributed by atoms with Gasteiger partial charge in [0.05, 0.1) is 22.5 Å². The van der Waals surface area contributed by atoms with Gasteiger partial charge in [0.25, 0.3) is 0 Å². The minimum atomic E-state index is -3.27. The number of hydrogen-bond donors (Lipinski definition) is 2. The van der Waals surface area contributed by atoms with Crippen LogP contribution in [0.3, 0.4) is 0 Å². The molecular weight excluding hydrogens is 282 g/mol. The van der Waals surface area contributed by atoms with Gasteiger partial charge in [-0.15, -0.1) is 11.3 Å². The fraction of sp³-hybridized carbons (Fsp3) is 0.750. The maximum absolute atomic E-state index is 11.9. The molecule has 1 heterocycles. The van der Waals surface area contributed by atoms with Gasteiger partial charge >= 0.3 is 0 Å². The number of aromatic nitrogens is 1. The SMILES string of the molecule is Cc1nc(C)c(C(C)NS(=O)(=O)CCNC(C)C)s1. The Morgan fingerprint density at radius 2 is 1.89 bits per heavy atom. The molecule has 5 nitrogen and oxygen atoms in total. The molecule has 7 heteroatoms. The average Bonchev–Trinajstić information content (AvgIpc) is 2.56. The lowest BCUT2D eigenvalue weighted by molar-refractivity contribution is 0.556. The van der Waals surface area contributed by atoms with Gasteiger partial charge in [-0.1, -0.05) is 13.8 Å². The minimum absolute atomic E-state index is 0.0896. The van der Waals surface area contributed by atoms with Gasteiger partial charge in [0.2, 0.25) is 10.0 Å². The lowest BCUT2D eigenvalue weighted by Gasteiger charge is -2.14. The quantitative estimate of drug-likeness (QED) is 0.805. The summed E-state index contributed by atoms with van der Waals surface area (Å²) in [5, 5.41) is 4.06. The smallest absolute Gasteiger partial charge is 0.213 e. The van der Waals surface area contributed by atoms with Crippen molar-refractivity contribution in [1.82, 2.24) is 15.0 Å². The van der Waals surface area contributed by atoms with Crippen molar-refractivity contribution in [3.8, 4) is 0 Å². The molecule has 1 aromatic rings. The van der Waals surface area contributed by atoms with Crippen LogP contribution in [0.15, 0.2) is 0 Å². The second-order valence-electron chi connectivity index (χ2n) is 4.95. The molecule has 0 amide bonds. The van der Waals surface area contributed by atoms with Crippen LogP contribution in [0, 0.1) is 13.8 Å². The summed E-state index contributed by atoms with van der Waals surface area (Å²) in [6, 6.07) is 0.0641. The van der Waals surface area contributed by atoms with Crippen molar-refractivity contribution in [3.05, 3.63) is 15.6 Å². The molecule has 1 aromatic heterocycles. The first-order chi connectivity index (χ1) is 8.71. The van der Waals surface area contributed by atoms with Crippen molar-refractivity contribution in [2.75, 3.05) is 12.3 Å². The van der Waals surface area contributed by atoms with Crippen LogP contribution in [0.2, 0.25) is 0 Å². The summed E-state index contributed by atoms with van der Waals surface area (Å²) in [5.41, 5.74) is 0.901. The maximum atomic E-state index is 11.9. The lowest BCUT2D eigenvalue weighted by Crippen LogP contribution is -2.35. The average molecular weight is 305 g/mol. The second-order valence-corrected chi connectivity index (χ2v) is 8.06. The van der Waals surface area contributed by atoms with Crippen molar-refractivity contribution in [1.29, 1.82) is 0 Å². The highest BCUT2D eigenvalue weighted by Gasteiger charge is 2.19. The van der Waals surface area contributed by atoms with Crippen LogP contribution in [-0.2, 0) is 10.0 Å². The Kier molecular flexibility index (Phi) is 5.91. The lowest BCUT2D eigenvalue weighted by atomic mass is 10.2. The number of hydrogen-bond acceptors (Lipinski definition) is 5. The molecule has 0 saturated carbocycles. The highest BCUT2D eigenvalue weighted by Crippen LogP contribution is 2.24. The monoisotopic (exact) mass is 305 g/mol. The molecule has 0 aliphatic rings. The van der Waals surface area contributed by atoms with Gasteiger partial charge in [0, 0.05) is 17.5 Å². The van der Waals surface area contributed by atoms with Crippen LogP contribution < -0.4 is 10.0 Å². The first-order valence-corrected chi connectivity index (χ1v) is 8.85. The van der Waals surface area contributed by atoms with E-state index in [0.717, 1.165) is 15.6 Å². The molecule has 1 rings (SSSR count). The Morgan fingerprint density at radius 3 is 2.37 bits per heavy atom. The molecule has 0 aliphatic carbocycles. The van der Waals surface area contributed by atoms with Crippen LogP contribution in [0.4, 0.5) is 0 Å². The van der Waals surface area contributed by atoms with Gasteiger partial charge in [0.15, 0.2) is 0 Å². The summed E-state index contributed by atoms with van der Waals surface area (Å²) in [4.78, 5) is 5.30. The molecule has 0 bridgehead atoms. The molecule has 110 valence electrons. The third-order valence-electron chi connectivity index (χ3n) is 2.61. The molecule has 2 N–H and O–H groups in total. The van der Waals surface area contributed by atoms with Gasteiger partial charge in [-0.25, -0.2) is 18.1 Å². The fourth-order valence-electron chi connectivity index (χ4n) is 1.81. The van der Waals surface area contributed by atoms with Crippen LogP contribution >= 0.6 is 11.3 Å². The van der Waals surface area contributed by atoms with Crippen molar-refractivity contribution < 1.29 is 8.42 Å². The van der Waals surface area contributed by atoms with E-state index >= 15 is 0 Å². The summed E-state index contributed by atoms with van der Waals surface area (Å²) in [7, 11) is -3.27. The predicted molar refractivity (Wildman–Crippen MR) is 80.1 cm³/mol. The third kappa shape index (κ3) is 5.56. The number of rotatable bonds is 7. The first-order valence-electron chi connectivity index (χ1n) is 6.38. The number of nitrogens with one attached hydrogen (secondary N) is 2. The zero-order chi connectivity index (χ0) is 14.6. The molecule has 0 saturated heterocycles. The second kappa shape index (κ2) is 6.78. The molecule has 19 heavy (non-hydrogen) atoms. The number of nitrogens with zero attached hydrogens (tertiary/aromatic N) is 1. The van der Waals surface area contributed by atoms with Crippen LogP contribution in [0.5, 0.6) is 0 Å². The van der Waals surface area contributed by atoms with E-state index in [1.165, 1.54) is 11.3 Å². The summed E-state index contributed by atoms with van der Waals surface area (Å²) < 4.78 is 26.6. The Bertz CT molecular complexity index is 509. The van der Waals surface area contributed by atoms with E-state index in [-0.39, 0.29) is 11.8 Å². The topological polar surface area (TPSA) is 71.1 Å². The Hall–Kier alpha value is -0.500. The van der Waals surface area contributed by atoms with Crippen molar-refractivity contribution in [3.63, 3.8) is 0 Å². The highest BCUT2D eigenvalue weighted by molar-refractivity contribution is 7.89. The van der Waals surface area contributed by atoms with Crippen LogP contribution in [0.1, 0.15) is 42.4 Å². The zero-order valence-corrected chi connectivity index (χ0v) is 13.8. The van der Waals surface area contributed by atoms with Crippen LogP contribution in [0.25, 0.3) is 0 Å². The van der Waals surface area contributed by atoms with Crippen LogP contribution in [-0.4, -0.2) is 31.7 Å². The van der Waals surface area contributed by atoms with E-state index < -0.39 is 10.0 Å². The summed E-state index contributed by atoms with van der Waals surface area (Å²) in [6.45, 7) is 10.1. The molecule has 1 atom stereocenters. The van der Waals surface area contributed by atoms with Gasteiger partial charge in [-0.2, -0.15) is 0 Å². The highest BCUT2D eigenvalue weighted by atomic mass is 32.2. The number of thiazole rings is 1. The molecule has 0 fully saturated rings. The molecule has 1 unspecified atom stereocenters. The van der Waals surface area contributed by atoms with E-state index in [2.05, 4.69) is 15.0 Å². The predicted octanol–water partition coefficient (Wildman–Crippen LogP) is 1.74. The maximum Gasteiger partial charge on any atom is 0.213 e. The number of aryl methyl sites for hydroxylation is 2. The molecule has 0 spiro atoms. The largest absolute Gasteiger partial charge is 0.313 e. The minimum Gasteiger partial charge on any atom is -0.313 e. The molecule has 0 radical (unpaired) electrons. The van der Waals surface area contributed by atoms with Crippen molar-refractivity contribution in [2.24, 2.45) is 0 Å². The number of sulfonamides is 1. The Morgan fingerprint density at radius 1 is 1.26 bits per heavy atom. The normalized spacial score (nSPS) is 14.0. The molecule has 0 aromatic carbocycles. The van der Waals surface area contributed by atoms with Gasteiger partial charge in [0.1, 0.15) is 0 Å². The molecule has 0 aliphatic heterocycles. The zero-order valence-electron chi connectivity index (χ0n) is 12.1. The fourth-order valence-corrected chi connectivity index (χ4v) is 3.98. The van der Waals surface area contributed by atoms with E-state index in [0.29, 0.717) is 12.6 Å². The van der Waals surface area contributed by atoms with E-state index in [9.17, 15) is 8.42 Å². The van der Waals surface area contributed by atoms with Gasteiger partial charge < -0.3 is 5.32 Å². The Labute approximate surface area is 119 Å². The van der Waals surface area contributed by atoms with E-state index in [1.807, 2.05) is 34.6 Å². The van der Waals surface area contributed by atoms with Gasteiger partial charge in [-0.3, -0.25) is 0 Å². The van der Waals surface area contributed by atoms with E-state index in [4.69, 9.17) is 0 Å². The first kappa shape index (κ1) is 16.6. The van der Waals surface area contributed by atoms with Gasteiger partial charge in [-0.05, 0) is 20.8 Å². The molecular formula is C12H23N3O2S2. The van der Waals surface area contributed by atoms with Crippen molar-refractivity contribution >= 4 is 21.4 Å².